The average Bonchev–Trinajstić information content (AvgIpc) is 2.70. The number of benzene rings is 2. The molecule has 0 radical (unpaired) electrons. The second-order valence-electron chi connectivity index (χ2n) is 7.10. The first kappa shape index (κ1) is 20.5. The molecule has 0 bridgehead atoms. The number of amides is 2. The summed E-state index contributed by atoms with van der Waals surface area (Å²) in [5.74, 6) is 0.518. The summed E-state index contributed by atoms with van der Waals surface area (Å²) in [6.07, 6.45) is 0. The Bertz CT molecular complexity index is 1090. The van der Waals surface area contributed by atoms with Gasteiger partial charge in [0.15, 0.2) is 0 Å². The molecule has 0 saturated carbocycles. The number of hydrogen-bond donors (Lipinski definition) is 1. The number of urea groups is 1. The molecule has 152 valence electrons. The molecule has 0 atom stereocenters. The van der Waals surface area contributed by atoms with E-state index in [4.69, 9.17) is 4.74 Å². The number of para-hydroxylation sites is 1. The smallest absolute Gasteiger partial charge is 0.321 e. The third-order valence-electron chi connectivity index (χ3n) is 4.82. The second kappa shape index (κ2) is 8.87. The van der Waals surface area contributed by atoms with Gasteiger partial charge in [0.2, 0.25) is 0 Å². The molecule has 7 heteroatoms. The normalized spacial score (nSPS) is 10.9. The van der Waals surface area contributed by atoms with Crippen LogP contribution >= 0.6 is 0 Å². The first-order valence-corrected chi connectivity index (χ1v) is 9.47. The molecule has 0 unspecified atom stereocenters. The zero-order valence-corrected chi connectivity index (χ0v) is 17.2. The van der Waals surface area contributed by atoms with Crippen LogP contribution in [0, 0.1) is 13.8 Å². The van der Waals surface area contributed by atoms with E-state index < -0.39 is 0 Å². The van der Waals surface area contributed by atoms with Crippen molar-refractivity contribution in [2.24, 2.45) is 0 Å². The number of carbonyl (C=O) groups is 1. The summed E-state index contributed by atoms with van der Waals surface area (Å²) in [6.45, 7) is 4.87. The molecule has 2 amide bonds. The molecule has 3 aromatic rings. The lowest BCUT2D eigenvalue weighted by atomic mass is 10.1. The van der Waals surface area contributed by atoms with Crippen molar-refractivity contribution >= 4 is 22.6 Å². The molecule has 1 N–H and O–H groups in total. The van der Waals surface area contributed by atoms with E-state index in [1.54, 1.807) is 30.9 Å². The van der Waals surface area contributed by atoms with Gasteiger partial charge in [0, 0.05) is 19.8 Å². The van der Waals surface area contributed by atoms with Gasteiger partial charge in [-0.25, -0.2) is 9.78 Å². The molecule has 0 aliphatic rings. The molecule has 2 aromatic carbocycles. The van der Waals surface area contributed by atoms with Gasteiger partial charge in [-0.1, -0.05) is 24.3 Å². The van der Waals surface area contributed by atoms with Crippen LogP contribution in [-0.4, -0.2) is 41.2 Å². The maximum atomic E-state index is 12.9. The third-order valence-corrected chi connectivity index (χ3v) is 4.82. The first-order chi connectivity index (χ1) is 13.9. The minimum atomic E-state index is -0.264. The zero-order chi connectivity index (χ0) is 21.0. The van der Waals surface area contributed by atoms with Crippen molar-refractivity contribution < 1.29 is 9.53 Å². The Kier molecular flexibility index (Phi) is 6.29. The Labute approximate surface area is 169 Å². The zero-order valence-electron chi connectivity index (χ0n) is 17.2. The first-order valence-electron chi connectivity index (χ1n) is 9.47. The Balaban J connectivity index is 1.88. The number of methoxy groups -OCH3 is 1. The topological polar surface area (TPSA) is 76.5 Å². The Morgan fingerprint density at radius 1 is 1.21 bits per heavy atom. The number of fused-ring (bicyclic) bond motifs is 1. The van der Waals surface area contributed by atoms with Crippen LogP contribution in [0.1, 0.15) is 17.0 Å². The third kappa shape index (κ3) is 4.63. The SMILES string of the molecule is COCCn1c(CN(C)C(=O)Nc2cc(C)ccc2C)nc2ccccc2c1=O. The number of rotatable bonds is 6. The maximum Gasteiger partial charge on any atom is 0.321 e. The van der Waals surface area contributed by atoms with Gasteiger partial charge in [-0.3, -0.25) is 9.36 Å². The van der Waals surface area contributed by atoms with Gasteiger partial charge in [0.05, 0.1) is 30.6 Å². The highest BCUT2D eigenvalue weighted by Crippen LogP contribution is 2.17. The van der Waals surface area contributed by atoms with Crippen LogP contribution in [0.25, 0.3) is 10.9 Å². The number of nitrogens with one attached hydrogen (secondary N) is 1. The molecule has 1 aromatic heterocycles. The summed E-state index contributed by atoms with van der Waals surface area (Å²) < 4.78 is 6.72. The quantitative estimate of drug-likeness (QED) is 0.696. The van der Waals surface area contributed by atoms with Crippen LogP contribution in [0.15, 0.2) is 47.3 Å². The summed E-state index contributed by atoms with van der Waals surface area (Å²) in [5.41, 5.74) is 3.30. The molecular weight excluding hydrogens is 368 g/mol. The Morgan fingerprint density at radius 3 is 2.72 bits per heavy atom. The van der Waals surface area contributed by atoms with Crippen molar-refractivity contribution in [2.75, 3.05) is 26.1 Å². The summed E-state index contributed by atoms with van der Waals surface area (Å²) in [6, 6.07) is 12.9. The predicted octanol–water partition coefficient (Wildman–Crippen LogP) is 3.32. The van der Waals surface area contributed by atoms with Crippen LogP contribution in [0.5, 0.6) is 0 Å². The molecule has 1 heterocycles. The fourth-order valence-corrected chi connectivity index (χ4v) is 3.11. The number of anilines is 1. The van der Waals surface area contributed by atoms with Gasteiger partial charge in [0.1, 0.15) is 5.82 Å². The van der Waals surface area contributed by atoms with E-state index in [2.05, 4.69) is 10.3 Å². The van der Waals surface area contributed by atoms with E-state index in [1.807, 2.05) is 44.2 Å². The Morgan fingerprint density at radius 2 is 1.97 bits per heavy atom. The van der Waals surface area contributed by atoms with Gasteiger partial charge >= 0.3 is 6.03 Å². The fraction of sp³-hybridized carbons (Fsp3) is 0.318. The lowest BCUT2D eigenvalue weighted by molar-refractivity contribution is 0.183. The molecule has 0 fully saturated rings. The molecular formula is C22H26N4O3. The average molecular weight is 394 g/mol. The van der Waals surface area contributed by atoms with Crippen molar-refractivity contribution in [1.29, 1.82) is 0 Å². The maximum absolute atomic E-state index is 12.9. The summed E-state index contributed by atoms with van der Waals surface area (Å²) in [4.78, 5) is 31.8. The highest BCUT2D eigenvalue weighted by atomic mass is 16.5. The van der Waals surface area contributed by atoms with Crippen molar-refractivity contribution in [3.8, 4) is 0 Å². The number of carbonyl (C=O) groups excluding carboxylic acids is 1. The predicted molar refractivity (Wildman–Crippen MR) is 114 cm³/mol. The van der Waals surface area contributed by atoms with Gasteiger partial charge in [0.25, 0.3) is 5.56 Å². The van der Waals surface area contributed by atoms with Gasteiger partial charge in [-0.15, -0.1) is 0 Å². The molecule has 29 heavy (non-hydrogen) atoms. The van der Waals surface area contributed by atoms with Crippen LogP contribution in [-0.2, 0) is 17.8 Å². The largest absolute Gasteiger partial charge is 0.383 e. The van der Waals surface area contributed by atoms with E-state index in [-0.39, 0.29) is 18.1 Å². The summed E-state index contributed by atoms with van der Waals surface area (Å²) in [5, 5.41) is 3.48. The lowest BCUT2D eigenvalue weighted by Crippen LogP contribution is -2.35. The van der Waals surface area contributed by atoms with Crippen LogP contribution in [0.3, 0.4) is 0 Å². The molecule has 7 nitrogen and oxygen atoms in total. The second-order valence-corrected chi connectivity index (χ2v) is 7.10. The van der Waals surface area contributed by atoms with E-state index in [0.717, 1.165) is 16.8 Å². The number of aromatic nitrogens is 2. The minimum absolute atomic E-state index is 0.133. The Hall–Kier alpha value is -3.19. The molecule has 3 rings (SSSR count). The molecule has 0 aliphatic heterocycles. The fourth-order valence-electron chi connectivity index (χ4n) is 3.11. The number of hydrogen-bond acceptors (Lipinski definition) is 4. The highest BCUT2D eigenvalue weighted by molar-refractivity contribution is 5.90. The van der Waals surface area contributed by atoms with E-state index in [9.17, 15) is 9.59 Å². The molecule has 0 saturated heterocycles. The standard InChI is InChI=1S/C22H26N4O3/c1-15-9-10-16(2)19(13-15)24-22(28)25(3)14-20-23-18-8-6-5-7-17(18)21(27)26(20)11-12-29-4/h5-10,13H,11-12,14H2,1-4H3,(H,24,28). The van der Waals surface area contributed by atoms with Gasteiger partial charge < -0.3 is 15.0 Å². The van der Waals surface area contributed by atoms with Crippen molar-refractivity contribution in [3.05, 3.63) is 69.8 Å². The highest BCUT2D eigenvalue weighted by Gasteiger charge is 2.16. The van der Waals surface area contributed by atoms with Crippen molar-refractivity contribution in [1.82, 2.24) is 14.5 Å². The number of ether oxygens (including phenoxy) is 1. The van der Waals surface area contributed by atoms with Crippen LogP contribution in [0.4, 0.5) is 10.5 Å². The van der Waals surface area contributed by atoms with E-state index >= 15 is 0 Å². The number of aryl methyl sites for hydroxylation is 2. The molecule has 0 aliphatic carbocycles. The van der Waals surface area contributed by atoms with Crippen LogP contribution in [0.2, 0.25) is 0 Å². The van der Waals surface area contributed by atoms with Crippen LogP contribution < -0.4 is 10.9 Å². The van der Waals surface area contributed by atoms with Gasteiger partial charge in [-0.2, -0.15) is 0 Å². The van der Waals surface area contributed by atoms with Crippen molar-refractivity contribution in [2.45, 2.75) is 26.9 Å². The minimum Gasteiger partial charge on any atom is -0.383 e. The number of nitrogens with zero attached hydrogens (tertiary/aromatic N) is 3. The van der Waals surface area contributed by atoms with Gasteiger partial charge in [-0.05, 0) is 43.2 Å². The monoisotopic (exact) mass is 394 g/mol. The van der Waals surface area contributed by atoms with E-state index in [1.165, 1.54) is 4.90 Å². The van der Waals surface area contributed by atoms with Crippen molar-refractivity contribution in [3.63, 3.8) is 0 Å². The summed E-state index contributed by atoms with van der Waals surface area (Å²) >= 11 is 0. The van der Waals surface area contributed by atoms with E-state index in [0.29, 0.717) is 29.9 Å². The molecule has 0 spiro atoms. The summed E-state index contributed by atoms with van der Waals surface area (Å²) in [7, 11) is 3.27. The lowest BCUT2D eigenvalue weighted by Gasteiger charge is -2.21.